The van der Waals surface area contributed by atoms with Crippen LogP contribution in [0.1, 0.15) is 55.0 Å². The minimum atomic E-state index is -4.56. The second-order valence-corrected chi connectivity index (χ2v) is 10.0. The third-order valence-corrected chi connectivity index (χ3v) is 7.00. The maximum Gasteiger partial charge on any atom is 0.433 e. The highest BCUT2D eigenvalue weighted by Gasteiger charge is 2.34. The Morgan fingerprint density at radius 3 is 2.44 bits per heavy atom. The second-order valence-electron chi connectivity index (χ2n) is 8.63. The van der Waals surface area contributed by atoms with Gasteiger partial charge in [-0.1, -0.05) is 36.7 Å². The van der Waals surface area contributed by atoms with E-state index < -0.39 is 28.5 Å². The van der Waals surface area contributed by atoms with Crippen molar-refractivity contribution < 1.29 is 26.4 Å². The zero-order valence-corrected chi connectivity index (χ0v) is 20.5. The van der Waals surface area contributed by atoms with E-state index in [1.165, 1.54) is 6.07 Å². The number of nitrogens with zero attached hydrogens (tertiary/aromatic N) is 2. The lowest BCUT2D eigenvalue weighted by atomic mass is 9.98. The fraction of sp³-hybridized carbons (Fsp3) is 0.478. The summed E-state index contributed by atoms with van der Waals surface area (Å²) in [4.78, 5) is 18.5. The second kappa shape index (κ2) is 10.9. The molecule has 6 nitrogen and oxygen atoms in total. The molecule has 0 radical (unpaired) electrons. The number of benzene rings is 1. The molecule has 0 saturated carbocycles. The summed E-state index contributed by atoms with van der Waals surface area (Å²) in [5, 5.41) is 3.04. The molecule has 1 saturated heterocycles. The number of carbonyl (C=O) groups is 1. The third kappa shape index (κ3) is 6.63. The first-order chi connectivity index (χ1) is 16.0. The van der Waals surface area contributed by atoms with E-state index in [0.29, 0.717) is 35.7 Å². The molecule has 1 fully saturated rings. The fourth-order valence-electron chi connectivity index (χ4n) is 3.85. The molecule has 2 aromatic rings. The van der Waals surface area contributed by atoms with E-state index in [9.17, 15) is 26.4 Å². The highest BCUT2D eigenvalue weighted by atomic mass is 35.5. The third-order valence-electron chi connectivity index (χ3n) is 6.05. The van der Waals surface area contributed by atoms with Gasteiger partial charge < -0.3 is 10.2 Å². The predicted molar refractivity (Wildman–Crippen MR) is 126 cm³/mol. The van der Waals surface area contributed by atoms with E-state index in [1.807, 2.05) is 4.90 Å². The number of piperidine rings is 1. The van der Waals surface area contributed by atoms with Crippen LogP contribution in [0, 0.1) is 5.92 Å². The van der Waals surface area contributed by atoms with Crippen LogP contribution in [0.25, 0.3) is 0 Å². The van der Waals surface area contributed by atoms with Gasteiger partial charge in [0.1, 0.15) is 22.2 Å². The number of pyridine rings is 1. The summed E-state index contributed by atoms with van der Waals surface area (Å²) in [6, 6.07) is 7.07. The van der Waals surface area contributed by atoms with Crippen molar-refractivity contribution in [1.29, 1.82) is 0 Å². The minimum Gasteiger partial charge on any atom is -0.356 e. The van der Waals surface area contributed by atoms with Crippen LogP contribution in [0.5, 0.6) is 0 Å². The number of thiol groups is 1. The molecule has 1 N–H and O–H groups in total. The van der Waals surface area contributed by atoms with Crippen molar-refractivity contribution >= 4 is 34.0 Å². The number of carbonyl (C=O) groups excluding carboxylic acids is 1. The Morgan fingerprint density at radius 2 is 1.85 bits per heavy atom. The quantitative estimate of drug-likeness (QED) is 0.528. The average Bonchev–Trinajstić information content (AvgIpc) is 2.78. The number of hydrogen-bond donors (Lipinski definition) is 2. The molecule has 186 valence electrons. The van der Waals surface area contributed by atoms with Crippen molar-refractivity contribution in [2.45, 2.75) is 51.1 Å². The SMILES string of the molecule is CC1CCN(c2nc(C(F)(F)F)ccc2CNC(=O)C(C)c2ccc(C[SH](=O)=O)c(Cl)c2)CC1. The molecule has 1 aromatic carbocycles. The van der Waals surface area contributed by atoms with Gasteiger partial charge in [0.2, 0.25) is 5.91 Å². The van der Waals surface area contributed by atoms with Crippen LogP contribution < -0.4 is 10.2 Å². The molecule has 2 heterocycles. The fourth-order valence-corrected chi connectivity index (χ4v) is 4.76. The summed E-state index contributed by atoms with van der Waals surface area (Å²) in [5.74, 6) is -0.382. The van der Waals surface area contributed by atoms with Crippen molar-refractivity contribution in [3.05, 3.63) is 57.7 Å². The minimum absolute atomic E-state index is 0.0260. The molecule has 11 heteroatoms. The standard InChI is InChI=1S/C23H27ClF3N3O3S/c1-14-7-9-30(10-8-14)21-17(5-6-20(29-21)23(25,26)27)12-28-22(31)15(2)16-3-4-18(13-34(32)33)19(24)11-16/h3-6,11,14-15,34H,7-10,12-13H2,1-2H3,(H,28,31). The lowest BCUT2D eigenvalue weighted by molar-refractivity contribution is -0.141. The molecule has 1 aromatic heterocycles. The van der Waals surface area contributed by atoms with Gasteiger partial charge in [0.15, 0.2) is 0 Å². The van der Waals surface area contributed by atoms with Crippen LogP contribution in [0.4, 0.5) is 19.0 Å². The molecule has 1 unspecified atom stereocenters. The molecule has 0 aliphatic carbocycles. The Labute approximate surface area is 203 Å². The Morgan fingerprint density at radius 1 is 1.21 bits per heavy atom. The van der Waals surface area contributed by atoms with Gasteiger partial charge in [0, 0.05) is 30.2 Å². The topological polar surface area (TPSA) is 79.4 Å². The van der Waals surface area contributed by atoms with Crippen molar-refractivity contribution in [1.82, 2.24) is 10.3 Å². The van der Waals surface area contributed by atoms with Crippen LogP contribution in [-0.2, 0) is 34.0 Å². The Bertz CT molecular complexity index is 1110. The molecular formula is C23H27ClF3N3O3S. The first-order valence-electron chi connectivity index (χ1n) is 11.0. The first-order valence-corrected chi connectivity index (χ1v) is 12.7. The summed E-state index contributed by atoms with van der Waals surface area (Å²) in [6.07, 6.45) is -2.84. The van der Waals surface area contributed by atoms with Crippen LogP contribution in [0.2, 0.25) is 5.02 Å². The number of rotatable bonds is 7. The molecular weight excluding hydrogens is 491 g/mol. The maximum atomic E-state index is 13.3. The Balaban J connectivity index is 1.76. The van der Waals surface area contributed by atoms with Crippen molar-refractivity contribution in [2.75, 3.05) is 18.0 Å². The Kier molecular flexibility index (Phi) is 8.46. The number of anilines is 1. The van der Waals surface area contributed by atoms with Gasteiger partial charge in [-0.2, -0.15) is 13.2 Å². The van der Waals surface area contributed by atoms with Crippen molar-refractivity contribution in [2.24, 2.45) is 5.92 Å². The molecule has 0 bridgehead atoms. The van der Waals surface area contributed by atoms with E-state index in [-0.39, 0.29) is 29.0 Å². The van der Waals surface area contributed by atoms with Crippen LogP contribution in [0.3, 0.4) is 0 Å². The maximum absolute atomic E-state index is 13.3. The summed E-state index contributed by atoms with van der Waals surface area (Å²) in [6.45, 7) is 5.02. The van der Waals surface area contributed by atoms with Crippen LogP contribution >= 0.6 is 11.6 Å². The van der Waals surface area contributed by atoms with Gasteiger partial charge >= 0.3 is 6.18 Å². The van der Waals surface area contributed by atoms with Gasteiger partial charge in [-0.3, -0.25) is 4.79 Å². The summed E-state index contributed by atoms with van der Waals surface area (Å²) in [7, 11) is -2.63. The monoisotopic (exact) mass is 517 g/mol. The van der Waals surface area contributed by atoms with Crippen LogP contribution in [0.15, 0.2) is 30.3 Å². The molecule has 1 atom stereocenters. The largest absolute Gasteiger partial charge is 0.433 e. The average molecular weight is 518 g/mol. The van der Waals surface area contributed by atoms with Crippen molar-refractivity contribution in [3.8, 4) is 0 Å². The van der Waals surface area contributed by atoms with Gasteiger partial charge in [-0.25, -0.2) is 13.4 Å². The highest BCUT2D eigenvalue weighted by molar-refractivity contribution is 7.71. The summed E-state index contributed by atoms with van der Waals surface area (Å²) in [5.41, 5.74) is 0.600. The van der Waals surface area contributed by atoms with Gasteiger partial charge in [0.25, 0.3) is 0 Å². The normalized spacial score (nSPS) is 16.0. The molecule has 0 spiro atoms. The number of aromatic nitrogens is 1. The zero-order valence-electron chi connectivity index (χ0n) is 18.9. The number of amides is 1. The van der Waals surface area contributed by atoms with Gasteiger partial charge in [0.05, 0.1) is 11.7 Å². The first kappa shape index (κ1) is 26.3. The zero-order chi connectivity index (χ0) is 25.0. The summed E-state index contributed by atoms with van der Waals surface area (Å²) < 4.78 is 61.7. The van der Waals surface area contributed by atoms with Gasteiger partial charge in [-0.15, -0.1) is 0 Å². The highest BCUT2D eigenvalue weighted by Crippen LogP contribution is 2.32. The number of hydrogen-bond acceptors (Lipinski definition) is 5. The van der Waals surface area contributed by atoms with E-state index >= 15 is 0 Å². The summed E-state index contributed by atoms with van der Waals surface area (Å²) >= 11 is 6.16. The molecule has 1 aliphatic heterocycles. The molecule has 3 rings (SSSR count). The lowest BCUT2D eigenvalue weighted by Crippen LogP contribution is -2.35. The van der Waals surface area contributed by atoms with E-state index in [4.69, 9.17) is 11.6 Å². The number of nitrogens with one attached hydrogen (secondary N) is 1. The predicted octanol–water partition coefficient (Wildman–Crippen LogP) is 4.52. The molecule has 1 aliphatic rings. The molecule has 1 amide bonds. The van der Waals surface area contributed by atoms with E-state index in [2.05, 4.69) is 17.2 Å². The van der Waals surface area contributed by atoms with Crippen molar-refractivity contribution in [3.63, 3.8) is 0 Å². The molecule has 34 heavy (non-hydrogen) atoms. The van der Waals surface area contributed by atoms with E-state index in [1.54, 1.807) is 25.1 Å². The Hall–Kier alpha value is -2.33. The van der Waals surface area contributed by atoms with E-state index in [0.717, 1.165) is 18.9 Å². The van der Waals surface area contributed by atoms with Crippen LogP contribution in [-0.4, -0.2) is 32.4 Å². The lowest BCUT2D eigenvalue weighted by Gasteiger charge is -2.33. The number of halogens is 4. The number of alkyl halides is 3. The van der Waals surface area contributed by atoms with Gasteiger partial charge in [-0.05, 0) is 48.9 Å². The smallest absolute Gasteiger partial charge is 0.356 e.